The lowest BCUT2D eigenvalue weighted by atomic mass is 10.1. The summed E-state index contributed by atoms with van der Waals surface area (Å²) in [5.74, 6) is 0.152. The molecule has 0 radical (unpaired) electrons. The molecule has 18 heavy (non-hydrogen) atoms. The van der Waals surface area contributed by atoms with Crippen LogP contribution < -0.4 is 0 Å². The summed E-state index contributed by atoms with van der Waals surface area (Å²) in [6.07, 6.45) is 5.11. The molecule has 0 aromatic heterocycles. The lowest BCUT2D eigenvalue weighted by Gasteiger charge is -1.98. The largest absolute Gasteiger partial charge is 0.390 e. The van der Waals surface area contributed by atoms with Crippen LogP contribution in [0.2, 0.25) is 0 Å². The molecule has 0 heterocycles. The van der Waals surface area contributed by atoms with Crippen molar-refractivity contribution in [1.29, 1.82) is 0 Å². The molecule has 1 aromatic carbocycles. The highest BCUT2D eigenvalue weighted by atomic mass is 16.3. The Labute approximate surface area is 108 Å². The van der Waals surface area contributed by atoms with Gasteiger partial charge in [-0.3, -0.25) is 4.99 Å². The molecule has 94 valence electrons. The number of aryl methyl sites for hydroxylation is 1. The Bertz CT molecular complexity index is 484. The second-order valence-electron chi connectivity index (χ2n) is 4.83. The van der Waals surface area contributed by atoms with Crippen molar-refractivity contribution in [2.24, 2.45) is 4.99 Å². The van der Waals surface area contributed by atoms with Crippen LogP contribution in [0.15, 0.2) is 53.6 Å². The molecule has 1 fully saturated rings. The predicted octanol–water partition coefficient (Wildman–Crippen LogP) is 3.02. The van der Waals surface area contributed by atoms with Gasteiger partial charge in [-0.05, 0) is 25.5 Å². The summed E-state index contributed by atoms with van der Waals surface area (Å²) in [6.45, 7) is 7.71. The minimum absolute atomic E-state index is 0.00146. The van der Waals surface area contributed by atoms with Crippen molar-refractivity contribution in [1.82, 2.24) is 0 Å². The van der Waals surface area contributed by atoms with Gasteiger partial charge in [0.15, 0.2) is 0 Å². The Hall–Kier alpha value is -1.67. The first-order valence-corrected chi connectivity index (χ1v) is 6.20. The van der Waals surface area contributed by atoms with E-state index in [4.69, 9.17) is 0 Å². The molecule has 0 spiro atoms. The third-order valence-corrected chi connectivity index (χ3v) is 3.32. The fraction of sp³-hybridized carbons (Fsp3) is 0.312. The van der Waals surface area contributed by atoms with Crippen molar-refractivity contribution in [3.05, 3.63) is 59.7 Å². The number of benzene rings is 1. The summed E-state index contributed by atoms with van der Waals surface area (Å²) in [6, 6.07) is 8.29. The molecule has 1 aliphatic carbocycles. The maximum absolute atomic E-state index is 9.88. The first kappa shape index (κ1) is 12.8. The number of aliphatic imine (C=N–C) groups is 1. The SMILES string of the molecule is C=C/C(C)=C/C=NC1C(O)C1c1ccc(C)cc1. The molecule has 2 nitrogen and oxygen atoms in total. The number of hydrogen-bond donors (Lipinski definition) is 1. The Morgan fingerprint density at radius 2 is 2.00 bits per heavy atom. The van der Waals surface area contributed by atoms with Crippen LogP contribution >= 0.6 is 0 Å². The molecule has 2 rings (SSSR count). The molecule has 0 saturated heterocycles. The van der Waals surface area contributed by atoms with E-state index in [0.717, 1.165) is 5.57 Å². The molecule has 1 aliphatic rings. The van der Waals surface area contributed by atoms with Crippen molar-refractivity contribution in [3.8, 4) is 0 Å². The van der Waals surface area contributed by atoms with E-state index < -0.39 is 0 Å². The summed E-state index contributed by atoms with van der Waals surface area (Å²) < 4.78 is 0. The van der Waals surface area contributed by atoms with Gasteiger partial charge < -0.3 is 5.11 Å². The van der Waals surface area contributed by atoms with Gasteiger partial charge in [-0.15, -0.1) is 0 Å². The molecule has 1 aromatic rings. The first-order valence-electron chi connectivity index (χ1n) is 6.20. The van der Waals surface area contributed by atoms with Gasteiger partial charge in [0.1, 0.15) is 0 Å². The van der Waals surface area contributed by atoms with E-state index in [9.17, 15) is 5.11 Å². The third kappa shape index (κ3) is 2.77. The van der Waals surface area contributed by atoms with Crippen LogP contribution in [0.5, 0.6) is 0 Å². The highest BCUT2D eigenvalue weighted by Crippen LogP contribution is 2.43. The average molecular weight is 241 g/mol. The fourth-order valence-corrected chi connectivity index (χ4v) is 1.97. The number of aliphatic hydroxyl groups excluding tert-OH is 1. The summed E-state index contributed by atoms with van der Waals surface area (Å²) in [5, 5.41) is 9.88. The van der Waals surface area contributed by atoms with E-state index >= 15 is 0 Å². The van der Waals surface area contributed by atoms with Crippen molar-refractivity contribution in [2.75, 3.05) is 0 Å². The van der Waals surface area contributed by atoms with Gasteiger partial charge in [0.05, 0.1) is 12.1 Å². The zero-order valence-electron chi connectivity index (χ0n) is 10.9. The Morgan fingerprint density at radius 3 is 2.61 bits per heavy atom. The van der Waals surface area contributed by atoms with Crippen LogP contribution in [0.3, 0.4) is 0 Å². The Kier molecular flexibility index (Phi) is 3.78. The number of hydrogen-bond acceptors (Lipinski definition) is 2. The van der Waals surface area contributed by atoms with Crippen molar-refractivity contribution in [2.45, 2.75) is 31.9 Å². The van der Waals surface area contributed by atoms with Gasteiger partial charge in [-0.25, -0.2) is 0 Å². The highest BCUT2D eigenvalue weighted by Gasteiger charge is 2.49. The van der Waals surface area contributed by atoms with E-state index in [1.54, 1.807) is 12.3 Å². The summed E-state index contributed by atoms with van der Waals surface area (Å²) >= 11 is 0. The van der Waals surface area contributed by atoms with Crippen LogP contribution in [0.4, 0.5) is 0 Å². The van der Waals surface area contributed by atoms with Crippen molar-refractivity contribution >= 4 is 6.21 Å². The Balaban J connectivity index is 2.02. The molecule has 0 aliphatic heterocycles. The molecular weight excluding hydrogens is 222 g/mol. The van der Waals surface area contributed by atoms with E-state index in [0.29, 0.717) is 0 Å². The van der Waals surface area contributed by atoms with Gasteiger partial charge in [-0.1, -0.05) is 48.1 Å². The van der Waals surface area contributed by atoms with Gasteiger partial charge in [0, 0.05) is 12.1 Å². The van der Waals surface area contributed by atoms with E-state index in [2.05, 4.69) is 42.8 Å². The monoisotopic (exact) mass is 241 g/mol. The smallest absolute Gasteiger partial charge is 0.0860 e. The van der Waals surface area contributed by atoms with Crippen molar-refractivity contribution in [3.63, 3.8) is 0 Å². The molecular formula is C16H19NO. The third-order valence-electron chi connectivity index (χ3n) is 3.32. The van der Waals surface area contributed by atoms with Crippen LogP contribution in [0, 0.1) is 6.92 Å². The summed E-state index contributed by atoms with van der Waals surface area (Å²) in [5.41, 5.74) is 3.47. The van der Waals surface area contributed by atoms with Crippen molar-refractivity contribution < 1.29 is 5.11 Å². The second-order valence-corrected chi connectivity index (χ2v) is 4.83. The molecule has 0 amide bonds. The fourth-order valence-electron chi connectivity index (χ4n) is 1.97. The minimum Gasteiger partial charge on any atom is -0.390 e. The zero-order valence-corrected chi connectivity index (χ0v) is 10.9. The average Bonchev–Trinajstić information content (AvgIpc) is 3.01. The van der Waals surface area contributed by atoms with Gasteiger partial charge in [-0.2, -0.15) is 0 Å². The molecule has 2 heteroatoms. The summed E-state index contributed by atoms with van der Waals surface area (Å²) in [4.78, 5) is 4.39. The second kappa shape index (κ2) is 5.32. The topological polar surface area (TPSA) is 32.6 Å². The molecule has 3 unspecified atom stereocenters. The predicted molar refractivity (Wildman–Crippen MR) is 76.2 cm³/mol. The standard InChI is InChI=1S/C16H19NO/c1-4-11(2)9-10-17-15-14(16(15)18)13-7-5-12(3)6-8-13/h4-10,14-16,18H,1H2,2-3H3/b11-9+,17-10?. The van der Waals surface area contributed by atoms with Gasteiger partial charge in [0.25, 0.3) is 0 Å². The van der Waals surface area contributed by atoms with Crippen LogP contribution in [0.25, 0.3) is 0 Å². The van der Waals surface area contributed by atoms with Gasteiger partial charge >= 0.3 is 0 Å². The normalized spacial score (nSPS) is 27.5. The zero-order chi connectivity index (χ0) is 13.1. The maximum atomic E-state index is 9.88. The maximum Gasteiger partial charge on any atom is 0.0860 e. The quantitative estimate of drug-likeness (QED) is 0.638. The first-order chi connectivity index (χ1) is 8.63. The molecule has 3 atom stereocenters. The molecule has 1 N–H and O–H groups in total. The lowest BCUT2D eigenvalue weighted by Crippen LogP contribution is -1.86. The number of allylic oxidation sites excluding steroid dienone is 3. The minimum atomic E-state index is -0.346. The van der Waals surface area contributed by atoms with E-state index in [-0.39, 0.29) is 18.1 Å². The van der Waals surface area contributed by atoms with Crippen LogP contribution in [-0.2, 0) is 0 Å². The number of aliphatic hydroxyl groups is 1. The number of nitrogens with zero attached hydrogens (tertiary/aromatic N) is 1. The Morgan fingerprint density at radius 1 is 1.33 bits per heavy atom. The van der Waals surface area contributed by atoms with E-state index in [1.165, 1.54) is 11.1 Å². The molecule has 1 saturated carbocycles. The van der Waals surface area contributed by atoms with Gasteiger partial charge in [0.2, 0.25) is 0 Å². The van der Waals surface area contributed by atoms with E-state index in [1.807, 2.05) is 13.0 Å². The van der Waals surface area contributed by atoms with Crippen LogP contribution in [-0.4, -0.2) is 23.5 Å². The summed E-state index contributed by atoms with van der Waals surface area (Å²) in [7, 11) is 0. The lowest BCUT2D eigenvalue weighted by molar-refractivity contribution is 0.266. The highest BCUT2D eigenvalue weighted by molar-refractivity contribution is 5.73. The molecule has 0 bridgehead atoms. The van der Waals surface area contributed by atoms with Crippen LogP contribution in [0.1, 0.15) is 24.0 Å². The number of rotatable bonds is 4.